The Balaban J connectivity index is 1.55. The second-order valence-electron chi connectivity index (χ2n) is 6.53. The highest BCUT2D eigenvalue weighted by atomic mass is 16.2. The lowest BCUT2D eigenvalue weighted by Crippen LogP contribution is -2.49. The molecule has 0 spiro atoms. The topological polar surface area (TPSA) is 50.2 Å². The number of aryl methyl sites for hydroxylation is 1. The summed E-state index contributed by atoms with van der Waals surface area (Å²) in [6, 6.07) is 0.0928. The van der Waals surface area contributed by atoms with Gasteiger partial charge in [-0.2, -0.15) is 5.10 Å². The fourth-order valence-corrected chi connectivity index (χ4v) is 3.86. The van der Waals surface area contributed by atoms with Gasteiger partial charge in [-0.15, -0.1) is 0 Å². The number of nitrogens with one attached hydrogen (secondary N) is 1. The molecule has 5 heteroatoms. The number of aromatic nitrogens is 2. The second kappa shape index (κ2) is 6.08. The third-order valence-corrected chi connectivity index (χ3v) is 5.07. The normalized spacial score (nSPS) is 25.0. The molecule has 0 radical (unpaired) electrons. The fraction of sp³-hybridized carbons (Fsp3) is 0.750. The Kier molecular flexibility index (Phi) is 4.17. The molecule has 2 aliphatic rings. The van der Waals surface area contributed by atoms with Crippen LogP contribution in [-0.2, 0) is 13.1 Å². The van der Waals surface area contributed by atoms with Gasteiger partial charge in [0.05, 0.1) is 6.20 Å². The van der Waals surface area contributed by atoms with Gasteiger partial charge in [-0.1, -0.05) is 6.42 Å². The number of nitrogens with zero attached hydrogens (tertiary/aromatic N) is 3. The van der Waals surface area contributed by atoms with Crippen molar-refractivity contribution in [2.24, 2.45) is 11.8 Å². The molecule has 1 aromatic heterocycles. The summed E-state index contributed by atoms with van der Waals surface area (Å²) in [4.78, 5) is 14.4. The summed E-state index contributed by atoms with van der Waals surface area (Å²) in [5, 5.41) is 7.39. The highest BCUT2D eigenvalue weighted by molar-refractivity contribution is 5.74. The van der Waals surface area contributed by atoms with Crippen molar-refractivity contribution in [3.05, 3.63) is 17.5 Å². The van der Waals surface area contributed by atoms with E-state index in [0.29, 0.717) is 6.54 Å². The predicted molar refractivity (Wildman–Crippen MR) is 81.9 cm³/mol. The van der Waals surface area contributed by atoms with Gasteiger partial charge in [-0.3, -0.25) is 4.68 Å². The number of hydrogen-bond donors (Lipinski definition) is 1. The van der Waals surface area contributed by atoms with E-state index in [2.05, 4.69) is 24.3 Å². The minimum Gasteiger partial charge on any atom is -0.334 e. The van der Waals surface area contributed by atoms with Crippen LogP contribution in [0.4, 0.5) is 4.79 Å². The highest BCUT2D eigenvalue weighted by Crippen LogP contribution is 2.34. The summed E-state index contributed by atoms with van der Waals surface area (Å²) in [6.07, 6.45) is 7.13. The maximum atomic E-state index is 12.4. The van der Waals surface area contributed by atoms with Gasteiger partial charge in [0.15, 0.2) is 0 Å². The number of likely N-dealkylation sites (tertiary alicyclic amines) is 1. The molecule has 3 rings (SSSR count). The zero-order valence-electron chi connectivity index (χ0n) is 13.1. The van der Waals surface area contributed by atoms with Crippen molar-refractivity contribution in [2.45, 2.75) is 52.6 Å². The van der Waals surface area contributed by atoms with Gasteiger partial charge in [0.1, 0.15) is 0 Å². The van der Waals surface area contributed by atoms with Gasteiger partial charge in [-0.25, -0.2) is 4.79 Å². The average molecular weight is 290 g/mol. The Morgan fingerprint density at radius 3 is 2.71 bits per heavy atom. The van der Waals surface area contributed by atoms with Crippen molar-refractivity contribution in [1.29, 1.82) is 0 Å². The molecule has 2 atom stereocenters. The van der Waals surface area contributed by atoms with E-state index in [1.54, 1.807) is 0 Å². The molecule has 1 N–H and O–H groups in total. The van der Waals surface area contributed by atoms with Crippen LogP contribution in [0, 0.1) is 18.8 Å². The van der Waals surface area contributed by atoms with Crippen LogP contribution in [0.2, 0.25) is 0 Å². The van der Waals surface area contributed by atoms with Crippen LogP contribution in [0.15, 0.2) is 6.20 Å². The third-order valence-electron chi connectivity index (χ3n) is 5.07. The summed E-state index contributed by atoms with van der Waals surface area (Å²) in [7, 11) is 0. The van der Waals surface area contributed by atoms with Gasteiger partial charge in [0.25, 0.3) is 0 Å². The molecule has 1 aliphatic heterocycles. The first-order chi connectivity index (χ1) is 10.2. The van der Waals surface area contributed by atoms with E-state index in [4.69, 9.17) is 0 Å². The molecule has 2 bridgehead atoms. The summed E-state index contributed by atoms with van der Waals surface area (Å²) in [5.41, 5.74) is 2.26. The van der Waals surface area contributed by atoms with Crippen molar-refractivity contribution < 1.29 is 4.79 Å². The standard InChI is InChI=1S/C16H26N4O/c1-3-20-12(2)15(9-18-20)8-17-16(21)19-10-13-5-4-6-14(7-13)11-19/h9,13-14H,3-8,10-11H2,1-2H3,(H,17,21). The molecule has 2 amide bonds. The van der Waals surface area contributed by atoms with E-state index in [-0.39, 0.29) is 6.03 Å². The van der Waals surface area contributed by atoms with Crippen LogP contribution < -0.4 is 5.32 Å². The zero-order chi connectivity index (χ0) is 14.8. The average Bonchev–Trinajstić information content (AvgIpc) is 2.84. The monoisotopic (exact) mass is 290 g/mol. The summed E-state index contributed by atoms with van der Waals surface area (Å²) >= 11 is 0. The van der Waals surface area contributed by atoms with E-state index in [9.17, 15) is 4.79 Å². The molecule has 2 unspecified atom stereocenters. The van der Waals surface area contributed by atoms with Crippen LogP contribution in [0.1, 0.15) is 43.9 Å². The Labute approximate surface area is 126 Å². The fourth-order valence-electron chi connectivity index (χ4n) is 3.86. The largest absolute Gasteiger partial charge is 0.334 e. The molecule has 0 aromatic carbocycles. The molecule has 116 valence electrons. The number of hydrogen-bond acceptors (Lipinski definition) is 2. The third kappa shape index (κ3) is 3.06. The number of urea groups is 1. The molecule has 2 heterocycles. The molecule has 1 saturated carbocycles. The second-order valence-corrected chi connectivity index (χ2v) is 6.53. The van der Waals surface area contributed by atoms with Crippen LogP contribution in [-0.4, -0.2) is 33.8 Å². The van der Waals surface area contributed by atoms with Crippen molar-refractivity contribution >= 4 is 6.03 Å². The number of rotatable bonds is 3. The van der Waals surface area contributed by atoms with E-state index in [1.165, 1.54) is 25.7 Å². The Bertz CT molecular complexity index is 498. The Hall–Kier alpha value is -1.52. The number of fused-ring (bicyclic) bond motifs is 2. The molecular formula is C16H26N4O. The van der Waals surface area contributed by atoms with E-state index >= 15 is 0 Å². The number of amides is 2. The van der Waals surface area contributed by atoms with E-state index in [0.717, 1.165) is 42.7 Å². The van der Waals surface area contributed by atoms with Crippen LogP contribution in [0.5, 0.6) is 0 Å². The molecule has 1 saturated heterocycles. The Morgan fingerprint density at radius 2 is 2.10 bits per heavy atom. The molecule has 2 fully saturated rings. The van der Waals surface area contributed by atoms with E-state index < -0.39 is 0 Å². The van der Waals surface area contributed by atoms with Crippen molar-refractivity contribution in [3.8, 4) is 0 Å². The van der Waals surface area contributed by atoms with Crippen LogP contribution in [0.3, 0.4) is 0 Å². The van der Waals surface area contributed by atoms with Gasteiger partial charge >= 0.3 is 6.03 Å². The highest BCUT2D eigenvalue weighted by Gasteiger charge is 2.32. The number of carbonyl (C=O) groups is 1. The van der Waals surface area contributed by atoms with Gasteiger partial charge in [0.2, 0.25) is 0 Å². The molecule has 1 aromatic rings. The minimum absolute atomic E-state index is 0.0928. The molecular weight excluding hydrogens is 264 g/mol. The van der Waals surface area contributed by atoms with Crippen LogP contribution >= 0.6 is 0 Å². The lowest BCUT2D eigenvalue weighted by Gasteiger charge is -2.41. The molecule has 1 aliphatic carbocycles. The summed E-state index contributed by atoms with van der Waals surface area (Å²) in [6.45, 7) is 7.47. The predicted octanol–water partition coefficient (Wildman–Crippen LogP) is 2.54. The van der Waals surface area contributed by atoms with Gasteiger partial charge in [-0.05, 0) is 44.9 Å². The maximum absolute atomic E-state index is 12.4. The first-order valence-corrected chi connectivity index (χ1v) is 8.21. The lowest BCUT2D eigenvalue weighted by molar-refractivity contribution is 0.103. The SMILES string of the molecule is CCn1ncc(CNC(=O)N2CC3CCCC(C3)C2)c1C. The summed E-state index contributed by atoms with van der Waals surface area (Å²) in [5.74, 6) is 1.46. The molecule has 21 heavy (non-hydrogen) atoms. The zero-order valence-corrected chi connectivity index (χ0v) is 13.1. The van der Waals surface area contributed by atoms with Crippen molar-refractivity contribution in [3.63, 3.8) is 0 Å². The van der Waals surface area contributed by atoms with Crippen molar-refractivity contribution in [1.82, 2.24) is 20.0 Å². The molecule has 5 nitrogen and oxygen atoms in total. The van der Waals surface area contributed by atoms with Gasteiger partial charge < -0.3 is 10.2 Å². The first-order valence-electron chi connectivity index (χ1n) is 8.21. The lowest BCUT2D eigenvalue weighted by atomic mass is 9.78. The van der Waals surface area contributed by atoms with Crippen molar-refractivity contribution in [2.75, 3.05) is 13.1 Å². The number of carbonyl (C=O) groups excluding carboxylic acids is 1. The van der Waals surface area contributed by atoms with Gasteiger partial charge in [0, 0.05) is 37.4 Å². The first kappa shape index (κ1) is 14.4. The van der Waals surface area contributed by atoms with Crippen LogP contribution in [0.25, 0.3) is 0 Å². The van der Waals surface area contributed by atoms with E-state index in [1.807, 2.05) is 15.8 Å². The minimum atomic E-state index is 0.0928. The summed E-state index contributed by atoms with van der Waals surface area (Å²) < 4.78 is 1.97. The Morgan fingerprint density at radius 1 is 1.38 bits per heavy atom. The smallest absolute Gasteiger partial charge is 0.317 e. The number of piperidine rings is 1. The quantitative estimate of drug-likeness (QED) is 0.930. The maximum Gasteiger partial charge on any atom is 0.317 e.